The van der Waals surface area contributed by atoms with E-state index in [0.29, 0.717) is 18.1 Å². The lowest BCUT2D eigenvalue weighted by molar-refractivity contribution is 0.207. The third-order valence-corrected chi connectivity index (χ3v) is 8.84. The van der Waals surface area contributed by atoms with Gasteiger partial charge >= 0.3 is 0 Å². The second kappa shape index (κ2) is 15.7. The lowest BCUT2D eigenvalue weighted by atomic mass is 9.92. The number of aromatic nitrogens is 4. The maximum absolute atomic E-state index is 6.13. The number of unbranched alkanes of at least 4 members (excludes halogenated alkanes) is 2. The molecule has 39 heavy (non-hydrogen) atoms. The standard InChI is InChI=1S/C26H44N8.C4H11N/c1-2-3-4-7-19-14-16-33(17-15-19)32-24-23-25(34(18-28-23)22-8-5-6-9-22)31-26(30-24)29-21-12-10-20(27)11-13-21;1-3-5-4-2/h18-22H,2-17,27H2,1H3,(H2,29,30,31,32);5H,3-4H2,1-2H3. The van der Waals surface area contributed by atoms with E-state index in [1.807, 2.05) is 6.33 Å². The van der Waals surface area contributed by atoms with Gasteiger partial charge in [0.15, 0.2) is 17.0 Å². The zero-order valence-corrected chi connectivity index (χ0v) is 24.9. The molecular weight excluding hydrogens is 486 g/mol. The molecule has 5 N–H and O–H groups in total. The molecule has 0 atom stereocenters. The van der Waals surface area contributed by atoms with Gasteiger partial charge in [-0.2, -0.15) is 9.97 Å². The molecule has 0 unspecified atom stereocenters. The Kier molecular flexibility index (Phi) is 12.1. The topological polar surface area (TPSA) is 109 Å². The molecule has 2 aromatic rings. The lowest BCUT2D eigenvalue weighted by Crippen LogP contribution is -2.38. The number of piperidine rings is 1. The number of nitrogens with one attached hydrogen (secondary N) is 3. The molecule has 0 aromatic carbocycles. The van der Waals surface area contributed by atoms with E-state index in [4.69, 9.17) is 20.7 Å². The van der Waals surface area contributed by atoms with E-state index in [1.165, 1.54) is 64.2 Å². The Morgan fingerprint density at radius 2 is 1.62 bits per heavy atom. The van der Waals surface area contributed by atoms with Gasteiger partial charge in [0, 0.05) is 31.2 Å². The second-order valence-corrected chi connectivity index (χ2v) is 11.9. The van der Waals surface area contributed by atoms with E-state index < -0.39 is 0 Å². The molecule has 2 aliphatic carbocycles. The first kappa shape index (κ1) is 30.0. The smallest absolute Gasteiger partial charge is 0.227 e. The number of fused-ring (bicyclic) bond motifs is 1. The van der Waals surface area contributed by atoms with Crippen molar-refractivity contribution >= 4 is 22.9 Å². The van der Waals surface area contributed by atoms with Crippen LogP contribution < -0.4 is 21.8 Å². The molecule has 9 heteroatoms. The summed E-state index contributed by atoms with van der Waals surface area (Å²) in [5, 5.41) is 9.09. The van der Waals surface area contributed by atoms with E-state index in [2.05, 4.69) is 46.4 Å². The van der Waals surface area contributed by atoms with Crippen molar-refractivity contribution in [1.29, 1.82) is 0 Å². The Balaban J connectivity index is 0.000000648. The third kappa shape index (κ3) is 8.76. The average molecular weight is 542 g/mol. The first-order valence-corrected chi connectivity index (χ1v) is 16.1. The number of hydrazine groups is 1. The normalized spacial score (nSPS) is 23.1. The summed E-state index contributed by atoms with van der Waals surface area (Å²) in [6.07, 6.45) is 19.3. The minimum atomic E-state index is 0.340. The highest BCUT2D eigenvalue weighted by Gasteiger charge is 2.25. The summed E-state index contributed by atoms with van der Waals surface area (Å²) >= 11 is 0. The highest BCUT2D eigenvalue weighted by Crippen LogP contribution is 2.34. The van der Waals surface area contributed by atoms with Crippen molar-refractivity contribution in [3.05, 3.63) is 6.33 Å². The van der Waals surface area contributed by atoms with Crippen LogP contribution in [0.2, 0.25) is 0 Å². The van der Waals surface area contributed by atoms with Crippen molar-refractivity contribution in [1.82, 2.24) is 29.8 Å². The zero-order valence-electron chi connectivity index (χ0n) is 24.9. The van der Waals surface area contributed by atoms with Crippen LogP contribution in [0.3, 0.4) is 0 Å². The van der Waals surface area contributed by atoms with Gasteiger partial charge < -0.3 is 26.4 Å². The van der Waals surface area contributed by atoms with Crippen molar-refractivity contribution in [3.63, 3.8) is 0 Å². The molecule has 1 aliphatic heterocycles. The molecule has 3 aliphatic rings. The third-order valence-electron chi connectivity index (χ3n) is 8.84. The molecule has 0 radical (unpaired) electrons. The molecule has 0 amide bonds. The maximum Gasteiger partial charge on any atom is 0.227 e. The Hall–Kier alpha value is -1.97. The van der Waals surface area contributed by atoms with Gasteiger partial charge in [0.1, 0.15) is 0 Å². The number of nitrogens with two attached hydrogens (primary N) is 1. The van der Waals surface area contributed by atoms with Gasteiger partial charge in [-0.1, -0.05) is 59.3 Å². The number of anilines is 2. The summed E-state index contributed by atoms with van der Waals surface area (Å²) in [6.45, 7) is 10.8. The highest BCUT2D eigenvalue weighted by atomic mass is 15.5. The summed E-state index contributed by atoms with van der Waals surface area (Å²) in [7, 11) is 0. The Morgan fingerprint density at radius 3 is 2.26 bits per heavy atom. The first-order chi connectivity index (χ1) is 19.1. The molecule has 3 fully saturated rings. The summed E-state index contributed by atoms with van der Waals surface area (Å²) < 4.78 is 2.30. The quantitative estimate of drug-likeness (QED) is 0.262. The van der Waals surface area contributed by atoms with Gasteiger partial charge in [-0.15, -0.1) is 0 Å². The molecule has 0 bridgehead atoms. The number of nitrogens with zero attached hydrogens (tertiary/aromatic N) is 5. The Morgan fingerprint density at radius 1 is 0.897 bits per heavy atom. The van der Waals surface area contributed by atoms with Crippen LogP contribution in [0.25, 0.3) is 11.2 Å². The van der Waals surface area contributed by atoms with E-state index in [1.54, 1.807) is 0 Å². The second-order valence-electron chi connectivity index (χ2n) is 11.9. The van der Waals surface area contributed by atoms with Crippen LogP contribution in [0.1, 0.15) is 117 Å². The van der Waals surface area contributed by atoms with Crippen molar-refractivity contribution in [2.24, 2.45) is 11.7 Å². The summed E-state index contributed by atoms with van der Waals surface area (Å²) in [4.78, 5) is 14.7. The summed E-state index contributed by atoms with van der Waals surface area (Å²) in [6, 6.07) is 1.24. The maximum atomic E-state index is 6.13. The van der Waals surface area contributed by atoms with Crippen LogP contribution >= 0.6 is 0 Å². The molecule has 2 aromatic heterocycles. The summed E-state index contributed by atoms with van der Waals surface area (Å²) in [5.74, 6) is 2.44. The SMILES string of the molecule is CCCCCC1CCN(Nc2nc(NC3CCC(N)CC3)nc3c2ncn3C2CCCC2)CC1.CCNCC. The minimum absolute atomic E-state index is 0.340. The first-order valence-electron chi connectivity index (χ1n) is 16.1. The predicted octanol–water partition coefficient (Wildman–Crippen LogP) is 5.86. The van der Waals surface area contributed by atoms with E-state index in [0.717, 1.165) is 80.7 Å². The predicted molar refractivity (Wildman–Crippen MR) is 163 cm³/mol. The van der Waals surface area contributed by atoms with Crippen molar-refractivity contribution in [2.75, 3.05) is 36.9 Å². The zero-order chi connectivity index (χ0) is 27.5. The van der Waals surface area contributed by atoms with Gasteiger partial charge in [0.05, 0.1) is 6.33 Å². The monoisotopic (exact) mass is 541 g/mol. The van der Waals surface area contributed by atoms with Crippen LogP contribution in [0, 0.1) is 5.92 Å². The minimum Gasteiger partial charge on any atom is -0.351 e. The number of hydrogen-bond acceptors (Lipinski definition) is 8. The van der Waals surface area contributed by atoms with Gasteiger partial charge in [0.25, 0.3) is 0 Å². The Bertz CT molecular complexity index is 953. The Labute approximate surface area is 236 Å². The molecular formula is C30H55N9. The van der Waals surface area contributed by atoms with Crippen LogP contribution in [-0.4, -0.2) is 62.8 Å². The van der Waals surface area contributed by atoms with Crippen LogP contribution in [-0.2, 0) is 0 Å². The van der Waals surface area contributed by atoms with Crippen molar-refractivity contribution < 1.29 is 0 Å². The molecule has 220 valence electrons. The molecule has 3 heterocycles. The molecule has 9 nitrogen and oxygen atoms in total. The summed E-state index contributed by atoms with van der Waals surface area (Å²) in [5.41, 5.74) is 11.6. The van der Waals surface area contributed by atoms with E-state index in [-0.39, 0.29) is 0 Å². The molecule has 1 saturated heterocycles. The lowest BCUT2D eigenvalue weighted by Gasteiger charge is -2.32. The van der Waals surface area contributed by atoms with E-state index in [9.17, 15) is 0 Å². The molecule has 5 rings (SSSR count). The van der Waals surface area contributed by atoms with Gasteiger partial charge in [-0.25, -0.2) is 9.99 Å². The fraction of sp³-hybridized carbons (Fsp3) is 0.833. The van der Waals surface area contributed by atoms with Gasteiger partial charge in [-0.05, 0) is 70.4 Å². The highest BCUT2D eigenvalue weighted by molar-refractivity contribution is 5.84. The molecule has 2 saturated carbocycles. The number of rotatable bonds is 11. The van der Waals surface area contributed by atoms with Crippen LogP contribution in [0.4, 0.5) is 11.8 Å². The van der Waals surface area contributed by atoms with Crippen LogP contribution in [0.15, 0.2) is 6.33 Å². The molecule has 0 spiro atoms. The fourth-order valence-electron chi connectivity index (χ4n) is 6.37. The van der Waals surface area contributed by atoms with Crippen LogP contribution in [0.5, 0.6) is 0 Å². The fourth-order valence-corrected chi connectivity index (χ4v) is 6.37. The number of hydrogen-bond donors (Lipinski definition) is 4. The van der Waals surface area contributed by atoms with Crippen molar-refractivity contribution in [2.45, 2.75) is 129 Å². The van der Waals surface area contributed by atoms with Crippen molar-refractivity contribution in [3.8, 4) is 0 Å². The number of imidazole rings is 1. The largest absolute Gasteiger partial charge is 0.351 e. The van der Waals surface area contributed by atoms with Gasteiger partial charge in [-0.3, -0.25) is 0 Å². The average Bonchev–Trinajstić information content (AvgIpc) is 3.62. The van der Waals surface area contributed by atoms with E-state index >= 15 is 0 Å². The van der Waals surface area contributed by atoms with Gasteiger partial charge in [0.2, 0.25) is 5.95 Å².